The third-order valence-corrected chi connectivity index (χ3v) is 3.14. The lowest BCUT2D eigenvalue weighted by atomic mass is 10.3. The van der Waals surface area contributed by atoms with Crippen LogP contribution in [0.3, 0.4) is 0 Å². The Hall–Kier alpha value is -0.100. The molecule has 1 saturated heterocycles. The molecule has 1 heterocycles. The van der Waals surface area contributed by atoms with Gasteiger partial charge in [-0.25, -0.2) is 4.57 Å². The van der Waals surface area contributed by atoms with Gasteiger partial charge in [-0.15, -0.1) is 0 Å². The summed E-state index contributed by atoms with van der Waals surface area (Å²) >= 11 is 0. The van der Waals surface area contributed by atoms with Gasteiger partial charge in [0.05, 0.1) is 25.5 Å². The van der Waals surface area contributed by atoms with Crippen LogP contribution < -0.4 is 0 Å². The quantitative estimate of drug-likeness (QED) is 0.595. The van der Waals surface area contributed by atoms with Gasteiger partial charge in [0.2, 0.25) is 0 Å². The molecular weight excluding hydrogens is 231 g/mol. The fraction of sp³-hybridized carbons (Fsp3) is 1.00. The Kier molecular flexibility index (Phi) is 6.34. The summed E-state index contributed by atoms with van der Waals surface area (Å²) in [5.41, 5.74) is 0. The predicted octanol–water partition coefficient (Wildman–Crippen LogP) is -0.473. The minimum Gasteiger partial charge on any atom is -0.395 e. The number of aliphatic hydroxyl groups is 2. The van der Waals surface area contributed by atoms with Crippen LogP contribution in [0, 0.1) is 0 Å². The maximum absolute atomic E-state index is 10.1. The lowest BCUT2D eigenvalue weighted by molar-refractivity contribution is 0.0505. The fourth-order valence-electron chi connectivity index (χ4n) is 1.97. The lowest BCUT2D eigenvalue weighted by Crippen LogP contribution is -2.41. The van der Waals surface area contributed by atoms with Crippen LogP contribution in [0.25, 0.3) is 0 Å². The van der Waals surface area contributed by atoms with Crippen molar-refractivity contribution in [2.24, 2.45) is 0 Å². The van der Waals surface area contributed by atoms with E-state index in [1.165, 1.54) is 0 Å². The molecule has 7 heteroatoms. The zero-order valence-electron chi connectivity index (χ0n) is 9.45. The van der Waals surface area contributed by atoms with Gasteiger partial charge in [0, 0.05) is 26.2 Å². The van der Waals surface area contributed by atoms with Crippen molar-refractivity contribution in [1.29, 1.82) is 0 Å². The van der Waals surface area contributed by atoms with Crippen molar-refractivity contribution < 1.29 is 19.3 Å². The van der Waals surface area contributed by atoms with E-state index in [4.69, 9.17) is 5.11 Å². The van der Waals surface area contributed by atoms with Crippen LogP contribution in [0.15, 0.2) is 0 Å². The Morgan fingerprint density at radius 3 is 2.81 bits per heavy atom. The molecule has 1 aliphatic rings. The fourth-order valence-corrected chi connectivity index (χ4v) is 2.21. The van der Waals surface area contributed by atoms with E-state index >= 15 is 0 Å². The molecule has 0 radical (unpaired) electrons. The van der Waals surface area contributed by atoms with E-state index < -0.39 is 14.8 Å². The van der Waals surface area contributed by atoms with Crippen molar-refractivity contribution in [3.05, 3.63) is 0 Å². The standard InChI is InChI=1S/C9H19N2O4P/c1-8-10(4-5-12)2-3-11(8)6-9(13)7-15-16-14/h8-9,12-13H,2-7H2,1H3. The average molecular weight is 250 g/mol. The number of rotatable bonds is 7. The minimum absolute atomic E-state index is 0.0777. The maximum atomic E-state index is 10.1. The Balaban J connectivity index is 2.30. The average Bonchev–Trinajstić information content (AvgIpc) is 2.59. The first kappa shape index (κ1) is 14.0. The third-order valence-electron chi connectivity index (χ3n) is 2.88. The summed E-state index contributed by atoms with van der Waals surface area (Å²) in [7, 11) is -0.397. The van der Waals surface area contributed by atoms with Gasteiger partial charge in [-0.2, -0.15) is 0 Å². The second-order valence-corrected chi connectivity index (χ2v) is 4.32. The van der Waals surface area contributed by atoms with Crippen LogP contribution >= 0.6 is 8.69 Å². The first-order valence-corrected chi connectivity index (χ1v) is 6.13. The summed E-state index contributed by atoms with van der Waals surface area (Å²) in [6.07, 6.45) is -0.412. The van der Waals surface area contributed by atoms with E-state index in [1.807, 2.05) is 6.92 Å². The summed E-state index contributed by atoms with van der Waals surface area (Å²) < 4.78 is 14.7. The SMILES string of the molecule is CC1N(CCO)CCN1CC(O)COP=O. The van der Waals surface area contributed by atoms with E-state index in [9.17, 15) is 9.67 Å². The highest BCUT2D eigenvalue weighted by molar-refractivity contribution is 7.17. The molecule has 94 valence electrons. The Bertz CT molecular complexity index is 220. The molecule has 1 rings (SSSR count). The first-order chi connectivity index (χ1) is 7.69. The Labute approximate surface area is 97.1 Å². The van der Waals surface area contributed by atoms with Crippen LogP contribution in [-0.2, 0) is 9.09 Å². The minimum atomic E-state index is -0.627. The molecule has 1 fully saturated rings. The summed E-state index contributed by atoms with van der Waals surface area (Å²) in [4.78, 5) is 4.27. The lowest BCUT2D eigenvalue weighted by Gasteiger charge is -2.27. The summed E-state index contributed by atoms with van der Waals surface area (Å²) in [5.74, 6) is 0. The van der Waals surface area contributed by atoms with Crippen molar-refractivity contribution >= 4 is 8.69 Å². The molecule has 0 spiro atoms. The zero-order valence-corrected chi connectivity index (χ0v) is 10.3. The third kappa shape index (κ3) is 4.05. The number of nitrogens with zero attached hydrogens (tertiary/aromatic N) is 2. The molecule has 0 aromatic rings. The smallest absolute Gasteiger partial charge is 0.327 e. The van der Waals surface area contributed by atoms with Gasteiger partial charge in [0.15, 0.2) is 0 Å². The predicted molar refractivity (Wildman–Crippen MR) is 59.3 cm³/mol. The molecule has 0 aliphatic carbocycles. The molecule has 1 aliphatic heterocycles. The first-order valence-electron chi connectivity index (χ1n) is 5.40. The van der Waals surface area contributed by atoms with E-state index in [-0.39, 0.29) is 19.4 Å². The molecule has 0 saturated carbocycles. The van der Waals surface area contributed by atoms with Crippen LogP contribution in [-0.4, -0.2) is 71.7 Å². The second-order valence-electron chi connectivity index (χ2n) is 3.91. The summed E-state index contributed by atoms with van der Waals surface area (Å²) in [5, 5.41) is 18.5. The molecule has 0 bridgehead atoms. The van der Waals surface area contributed by atoms with Crippen molar-refractivity contribution in [3.63, 3.8) is 0 Å². The van der Waals surface area contributed by atoms with Crippen LogP contribution in [0.4, 0.5) is 0 Å². The second kappa shape index (κ2) is 7.27. The van der Waals surface area contributed by atoms with Crippen molar-refractivity contribution in [2.45, 2.75) is 19.2 Å². The Morgan fingerprint density at radius 2 is 2.19 bits per heavy atom. The van der Waals surface area contributed by atoms with Gasteiger partial charge in [0.1, 0.15) is 0 Å². The number of hydrogen-bond donors (Lipinski definition) is 2. The molecular formula is C9H19N2O4P. The molecule has 0 amide bonds. The van der Waals surface area contributed by atoms with Crippen LogP contribution in [0.5, 0.6) is 0 Å². The molecule has 0 aromatic heterocycles. The van der Waals surface area contributed by atoms with E-state index in [0.29, 0.717) is 13.1 Å². The van der Waals surface area contributed by atoms with Gasteiger partial charge < -0.3 is 10.2 Å². The highest BCUT2D eigenvalue weighted by atomic mass is 31.1. The van der Waals surface area contributed by atoms with Crippen LogP contribution in [0.1, 0.15) is 6.92 Å². The molecule has 0 aromatic carbocycles. The van der Waals surface area contributed by atoms with Crippen LogP contribution in [0.2, 0.25) is 0 Å². The maximum Gasteiger partial charge on any atom is 0.327 e. The molecule has 2 atom stereocenters. The highest BCUT2D eigenvalue weighted by Gasteiger charge is 2.28. The van der Waals surface area contributed by atoms with Gasteiger partial charge in [-0.3, -0.25) is 14.3 Å². The highest BCUT2D eigenvalue weighted by Crippen LogP contribution is 2.14. The van der Waals surface area contributed by atoms with E-state index in [1.54, 1.807) is 0 Å². The van der Waals surface area contributed by atoms with Crippen molar-refractivity contribution in [3.8, 4) is 0 Å². The Morgan fingerprint density at radius 1 is 1.50 bits per heavy atom. The zero-order chi connectivity index (χ0) is 12.0. The topological polar surface area (TPSA) is 73.2 Å². The van der Waals surface area contributed by atoms with E-state index in [2.05, 4.69) is 14.3 Å². The normalized spacial score (nSPS) is 25.3. The van der Waals surface area contributed by atoms with Gasteiger partial charge >= 0.3 is 8.69 Å². The van der Waals surface area contributed by atoms with Crippen molar-refractivity contribution in [2.75, 3.05) is 39.4 Å². The number of β-amino-alcohol motifs (C(OH)–C–C–N with tert-alkyl or cyclic N) is 2. The summed E-state index contributed by atoms with van der Waals surface area (Å²) in [6, 6.07) is 0. The molecule has 2 unspecified atom stereocenters. The van der Waals surface area contributed by atoms with Gasteiger partial charge in [-0.05, 0) is 6.92 Å². The largest absolute Gasteiger partial charge is 0.395 e. The number of hydrogen-bond acceptors (Lipinski definition) is 6. The van der Waals surface area contributed by atoms with Gasteiger partial charge in [0.25, 0.3) is 0 Å². The molecule has 16 heavy (non-hydrogen) atoms. The summed E-state index contributed by atoms with van der Waals surface area (Å²) in [6.45, 7) is 5.19. The van der Waals surface area contributed by atoms with Crippen molar-refractivity contribution in [1.82, 2.24) is 9.80 Å². The monoisotopic (exact) mass is 250 g/mol. The van der Waals surface area contributed by atoms with E-state index in [0.717, 1.165) is 13.1 Å². The number of aliphatic hydroxyl groups excluding tert-OH is 2. The molecule has 2 N–H and O–H groups in total. The molecule has 6 nitrogen and oxygen atoms in total. The van der Waals surface area contributed by atoms with Gasteiger partial charge in [-0.1, -0.05) is 0 Å².